The molecule has 1 aromatic heterocycles. The number of nitrogens with one attached hydrogen (secondary N) is 1. The monoisotopic (exact) mass is 275 g/mol. The van der Waals surface area contributed by atoms with Crippen LogP contribution in [0, 0.1) is 6.92 Å². The van der Waals surface area contributed by atoms with Crippen LogP contribution in [0.1, 0.15) is 11.3 Å². The van der Waals surface area contributed by atoms with Crippen LogP contribution in [0.15, 0.2) is 36.5 Å². The fourth-order valence-electron chi connectivity index (χ4n) is 1.81. The quantitative estimate of drug-likeness (QED) is 0.798. The van der Waals surface area contributed by atoms with Crippen molar-refractivity contribution >= 4 is 0 Å². The van der Waals surface area contributed by atoms with Gasteiger partial charge in [0, 0.05) is 26.3 Å². The van der Waals surface area contributed by atoms with Crippen LogP contribution in [0.2, 0.25) is 0 Å². The summed E-state index contributed by atoms with van der Waals surface area (Å²) in [4.78, 5) is 0. The molecule has 108 valence electrons. The highest BCUT2D eigenvalue weighted by Gasteiger charge is 2.05. The Hall–Kier alpha value is -1.85. The van der Waals surface area contributed by atoms with Gasteiger partial charge in [0.1, 0.15) is 18.5 Å². The number of aliphatic hydroxyl groups excluding tert-OH is 1. The van der Waals surface area contributed by atoms with Gasteiger partial charge in [0.2, 0.25) is 0 Å². The first kappa shape index (κ1) is 14.6. The summed E-state index contributed by atoms with van der Waals surface area (Å²) in [5.74, 6) is 0.777. The van der Waals surface area contributed by atoms with Gasteiger partial charge in [0.25, 0.3) is 0 Å². The minimum absolute atomic E-state index is 0.276. The van der Waals surface area contributed by atoms with Gasteiger partial charge in [0.05, 0.1) is 5.69 Å². The molecule has 0 aliphatic heterocycles. The number of aliphatic hydroxyl groups is 1. The Bertz CT molecular complexity index is 522. The molecule has 1 aromatic carbocycles. The van der Waals surface area contributed by atoms with E-state index in [1.165, 1.54) is 5.56 Å². The van der Waals surface area contributed by atoms with Gasteiger partial charge >= 0.3 is 0 Å². The minimum atomic E-state index is -0.542. The standard InChI is InChI=1S/C15H21N3O2/c1-12-3-5-15(6-4-12)20-11-14(19)10-16-9-13-7-8-18(2)17-13/h3-8,14,16,19H,9-11H2,1-2H3. The summed E-state index contributed by atoms with van der Waals surface area (Å²) in [6.07, 6.45) is 1.36. The molecule has 0 saturated carbocycles. The zero-order valence-corrected chi connectivity index (χ0v) is 11.9. The lowest BCUT2D eigenvalue weighted by Gasteiger charge is -2.13. The third-order valence-corrected chi connectivity index (χ3v) is 2.92. The molecule has 5 heteroatoms. The second-order valence-corrected chi connectivity index (χ2v) is 4.89. The Morgan fingerprint density at radius 3 is 2.70 bits per heavy atom. The van der Waals surface area contributed by atoms with Crippen LogP contribution in [-0.2, 0) is 13.6 Å². The second kappa shape index (κ2) is 7.07. The van der Waals surface area contributed by atoms with Crippen molar-refractivity contribution < 1.29 is 9.84 Å². The van der Waals surface area contributed by atoms with Crippen molar-refractivity contribution in [2.45, 2.75) is 19.6 Å². The van der Waals surface area contributed by atoms with E-state index in [1.807, 2.05) is 50.5 Å². The molecule has 2 N–H and O–H groups in total. The van der Waals surface area contributed by atoms with E-state index < -0.39 is 6.10 Å². The number of hydrogen-bond donors (Lipinski definition) is 2. The molecule has 1 atom stereocenters. The zero-order chi connectivity index (χ0) is 14.4. The van der Waals surface area contributed by atoms with Crippen molar-refractivity contribution in [1.29, 1.82) is 0 Å². The van der Waals surface area contributed by atoms with E-state index in [9.17, 15) is 5.11 Å². The average Bonchev–Trinajstić information content (AvgIpc) is 2.84. The number of ether oxygens (including phenoxy) is 1. The first-order valence-corrected chi connectivity index (χ1v) is 6.70. The summed E-state index contributed by atoms with van der Waals surface area (Å²) in [7, 11) is 1.88. The summed E-state index contributed by atoms with van der Waals surface area (Å²) >= 11 is 0. The molecular weight excluding hydrogens is 254 g/mol. The predicted molar refractivity (Wildman–Crippen MR) is 77.6 cm³/mol. The molecule has 1 heterocycles. The third kappa shape index (κ3) is 4.68. The maximum atomic E-state index is 9.84. The summed E-state index contributed by atoms with van der Waals surface area (Å²) in [5, 5.41) is 17.2. The predicted octanol–water partition coefficient (Wildman–Crippen LogP) is 1.26. The molecule has 0 bridgehead atoms. The molecule has 0 spiro atoms. The van der Waals surface area contributed by atoms with E-state index >= 15 is 0 Å². The molecule has 2 rings (SSSR count). The van der Waals surface area contributed by atoms with Gasteiger partial charge in [-0.1, -0.05) is 17.7 Å². The van der Waals surface area contributed by atoms with Crippen molar-refractivity contribution in [1.82, 2.24) is 15.1 Å². The molecule has 1 unspecified atom stereocenters. The van der Waals surface area contributed by atoms with Crippen LogP contribution in [0.3, 0.4) is 0 Å². The highest BCUT2D eigenvalue weighted by Crippen LogP contribution is 2.11. The topological polar surface area (TPSA) is 59.3 Å². The Kier molecular flexibility index (Phi) is 5.15. The van der Waals surface area contributed by atoms with Gasteiger partial charge in [0.15, 0.2) is 0 Å². The molecule has 0 saturated heterocycles. The van der Waals surface area contributed by atoms with Crippen LogP contribution in [-0.4, -0.2) is 34.1 Å². The van der Waals surface area contributed by atoms with Crippen molar-refractivity contribution in [3.05, 3.63) is 47.8 Å². The van der Waals surface area contributed by atoms with Crippen molar-refractivity contribution in [3.63, 3.8) is 0 Å². The zero-order valence-electron chi connectivity index (χ0n) is 11.9. The van der Waals surface area contributed by atoms with Gasteiger partial charge in [-0.15, -0.1) is 0 Å². The number of aromatic nitrogens is 2. The first-order chi connectivity index (χ1) is 9.63. The van der Waals surface area contributed by atoms with E-state index in [0.717, 1.165) is 11.4 Å². The molecule has 20 heavy (non-hydrogen) atoms. The normalized spacial score (nSPS) is 12.3. The largest absolute Gasteiger partial charge is 0.491 e. The van der Waals surface area contributed by atoms with Gasteiger partial charge < -0.3 is 15.2 Å². The maximum absolute atomic E-state index is 9.84. The average molecular weight is 275 g/mol. The van der Waals surface area contributed by atoms with Gasteiger partial charge in [-0.2, -0.15) is 5.10 Å². The van der Waals surface area contributed by atoms with Crippen LogP contribution >= 0.6 is 0 Å². The van der Waals surface area contributed by atoms with Crippen molar-refractivity contribution in [2.24, 2.45) is 7.05 Å². The molecule has 0 aliphatic rings. The number of aryl methyl sites for hydroxylation is 2. The van der Waals surface area contributed by atoms with Crippen LogP contribution in [0.4, 0.5) is 0 Å². The number of rotatable bonds is 7. The molecule has 5 nitrogen and oxygen atoms in total. The Labute approximate surface area is 119 Å². The Morgan fingerprint density at radius 2 is 2.05 bits per heavy atom. The summed E-state index contributed by atoms with van der Waals surface area (Å²) in [5.41, 5.74) is 2.15. The van der Waals surface area contributed by atoms with E-state index in [2.05, 4.69) is 10.4 Å². The van der Waals surface area contributed by atoms with Crippen molar-refractivity contribution in [2.75, 3.05) is 13.2 Å². The lowest BCUT2D eigenvalue weighted by molar-refractivity contribution is 0.106. The Morgan fingerprint density at radius 1 is 1.30 bits per heavy atom. The van der Waals surface area contributed by atoms with Gasteiger partial charge in [-0.25, -0.2) is 0 Å². The fraction of sp³-hybridized carbons (Fsp3) is 0.400. The minimum Gasteiger partial charge on any atom is -0.491 e. The van der Waals surface area contributed by atoms with E-state index in [-0.39, 0.29) is 6.61 Å². The SMILES string of the molecule is Cc1ccc(OCC(O)CNCc2ccn(C)n2)cc1. The van der Waals surface area contributed by atoms with Crippen LogP contribution < -0.4 is 10.1 Å². The lowest BCUT2D eigenvalue weighted by Crippen LogP contribution is -2.31. The van der Waals surface area contributed by atoms with E-state index in [1.54, 1.807) is 4.68 Å². The molecule has 2 aromatic rings. The summed E-state index contributed by atoms with van der Waals surface area (Å²) in [6, 6.07) is 9.73. The van der Waals surface area contributed by atoms with Crippen molar-refractivity contribution in [3.8, 4) is 5.75 Å². The summed E-state index contributed by atoms with van der Waals surface area (Å²) < 4.78 is 7.28. The molecule has 0 amide bonds. The number of benzene rings is 1. The maximum Gasteiger partial charge on any atom is 0.119 e. The second-order valence-electron chi connectivity index (χ2n) is 4.89. The van der Waals surface area contributed by atoms with Crippen LogP contribution in [0.5, 0.6) is 5.75 Å². The first-order valence-electron chi connectivity index (χ1n) is 6.70. The number of hydrogen-bond acceptors (Lipinski definition) is 4. The number of nitrogens with zero attached hydrogens (tertiary/aromatic N) is 2. The Balaban J connectivity index is 1.65. The van der Waals surface area contributed by atoms with E-state index in [0.29, 0.717) is 13.1 Å². The van der Waals surface area contributed by atoms with Gasteiger partial charge in [-0.3, -0.25) is 4.68 Å². The summed E-state index contributed by atoms with van der Waals surface area (Å²) in [6.45, 7) is 3.42. The molecule has 0 aliphatic carbocycles. The van der Waals surface area contributed by atoms with Crippen LogP contribution in [0.25, 0.3) is 0 Å². The smallest absolute Gasteiger partial charge is 0.119 e. The highest BCUT2D eigenvalue weighted by molar-refractivity contribution is 5.26. The molecule has 0 fully saturated rings. The van der Waals surface area contributed by atoms with E-state index in [4.69, 9.17) is 4.74 Å². The molecular formula is C15H21N3O2. The third-order valence-electron chi connectivity index (χ3n) is 2.92. The lowest BCUT2D eigenvalue weighted by atomic mass is 10.2. The molecule has 0 radical (unpaired) electrons. The fourth-order valence-corrected chi connectivity index (χ4v) is 1.81. The highest BCUT2D eigenvalue weighted by atomic mass is 16.5. The van der Waals surface area contributed by atoms with Gasteiger partial charge in [-0.05, 0) is 25.1 Å².